The summed E-state index contributed by atoms with van der Waals surface area (Å²) in [4.78, 5) is 24.8. The number of benzene rings is 3. The van der Waals surface area contributed by atoms with Crippen LogP contribution in [0.4, 0.5) is 0 Å². The second kappa shape index (κ2) is 6.69. The van der Waals surface area contributed by atoms with E-state index in [0.29, 0.717) is 28.0 Å². The molecule has 4 nitrogen and oxygen atoms in total. The highest BCUT2D eigenvalue weighted by Crippen LogP contribution is 2.22. The lowest BCUT2D eigenvalue weighted by Crippen LogP contribution is -2.14. The van der Waals surface area contributed by atoms with Gasteiger partial charge in [0.05, 0.1) is 0 Å². The van der Waals surface area contributed by atoms with Gasteiger partial charge in [0.25, 0.3) is 0 Å². The minimum Gasteiger partial charge on any atom is -0.457 e. The van der Waals surface area contributed by atoms with E-state index in [1.807, 2.05) is 36.4 Å². The SMILES string of the molecule is O=C(c1ccc(Oc2ccccc2)cc1)c1cc2ccccc2oc1=O. The van der Waals surface area contributed by atoms with E-state index < -0.39 is 5.63 Å². The first kappa shape index (κ1) is 15.8. The normalized spacial score (nSPS) is 10.6. The largest absolute Gasteiger partial charge is 0.457 e. The van der Waals surface area contributed by atoms with Gasteiger partial charge in [0.15, 0.2) is 5.78 Å². The number of ketones is 1. The van der Waals surface area contributed by atoms with Crippen molar-refractivity contribution in [1.82, 2.24) is 0 Å². The van der Waals surface area contributed by atoms with Crippen LogP contribution in [-0.4, -0.2) is 5.78 Å². The van der Waals surface area contributed by atoms with Gasteiger partial charge in [-0.05, 0) is 48.5 Å². The van der Waals surface area contributed by atoms with Gasteiger partial charge >= 0.3 is 5.63 Å². The van der Waals surface area contributed by atoms with Crippen LogP contribution in [0.5, 0.6) is 11.5 Å². The molecule has 4 rings (SSSR count). The van der Waals surface area contributed by atoms with Crippen molar-refractivity contribution in [2.24, 2.45) is 0 Å². The van der Waals surface area contributed by atoms with Crippen molar-refractivity contribution in [2.75, 3.05) is 0 Å². The summed E-state index contributed by atoms with van der Waals surface area (Å²) in [6.07, 6.45) is 0. The summed E-state index contributed by atoms with van der Waals surface area (Å²) in [6.45, 7) is 0. The van der Waals surface area contributed by atoms with Gasteiger partial charge in [0.2, 0.25) is 0 Å². The molecule has 0 aliphatic rings. The van der Waals surface area contributed by atoms with E-state index in [0.717, 1.165) is 0 Å². The average molecular weight is 342 g/mol. The summed E-state index contributed by atoms with van der Waals surface area (Å²) in [5, 5.41) is 0.708. The first-order valence-electron chi connectivity index (χ1n) is 8.11. The second-order valence-electron chi connectivity index (χ2n) is 5.75. The molecule has 0 bridgehead atoms. The number of carbonyl (C=O) groups is 1. The van der Waals surface area contributed by atoms with E-state index in [2.05, 4.69) is 0 Å². The Balaban J connectivity index is 1.62. The Kier molecular flexibility index (Phi) is 4.07. The zero-order chi connectivity index (χ0) is 17.9. The highest BCUT2D eigenvalue weighted by molar-refractivity contribution is 6.09. The zero-order valence-electron chi connectivity index (χ0n) is 13.7. The Morgan fingerprint density at radius 3 is 2.19 bits per heavy atom. The standard InChI is InChI=1S/C22H14O4/c23-21(19-14-16-6-4-5-9-20(16)26-22(19)24)15-10-12-18(13-11-15)25-17-7-2-1-3-8-17/h1-14H. The maximum atomic E-state index is 12.7. The topological polar surface area (TPSA) is 56.5 Å². The molecule has 0 unspecified atom stereocenters. The van der Waals surface area contributed by atoms with E-state index in [4.69, 9.17) is 9.15 Å². The van der Waals surface area contributed by atoms with Crippen LogP contribution in [0, 0.1) is 0 Å². The Bertz CT molecular complexity index is 1130. The Labute approximate surface area is 149 Å². The molecule has 0 N–H and O–H groups in total. The minimum atomic E-state index is -0.640. The monoisotopic (exact) mass is 342 g/mol. The predicted octanol–water partition coefficient (Wildman–Crippen LogP) is 4.82. The molecule has 0 aliphatic carbocycles. The maximum Gasteiger partial charge on any atom is 0.347 e. The molecule has 0 spiro atoms. The van der Waals surface area contributed by atoms with Gasteiger partial charge in [-0.25, -0.2) is 4.79 Å². The highest BCUT2D eigenvalue weighted by atomic mass is 16.5. The average Bonchev–Trinajstić information content (AvgIpc) is 2.68. The first-order chi connectivity index (χ1) is 12.7. The molecule has 1 heterocycles. The van der Waals surface area contributed by atoms with Gasteiger partial charge in [0.1, 0.15) is 22.6 Å². The highest BCUT2D eigenvalue weighted by Gasteiger charge is 2.15. The number of hydrogen-bond donors (Lipinski definition) is 0. The molecule has 4 aromatic rings. The summed E-state index contributed by atoms with van der Waals surface area (Å²) in [6, 6.07) is 24.7. The van der Waals surface area contributed by atoms with Crippen LogP contribution in [0.2, 0.25) is 0 Å². The third-order valence-electron chi connectivity index (χ3n) is 3.98. The van der Waals surface area contributed by atoms with Crippen molar-refractivity contribution in [2.45, 2.75) is 0 Å². The fraction of sp³-hybridized carbons (Fsp3) is 0. The van der Waals surface area contributed by atoms with Crippen molar-refractivity contribution in [3.63, 3.8) is 0 Å². The fourth-order valence-electron chi connectivity index (χ4n) is 2.67. The van der Waals surface area contributed by atoms with Crippen molar-refractivity contribution in [1.29, 1.82) is 0 Å². The van der Waals surface area contributed by atoms with Gasteiger partial charge < -0.3 is 9.15 Å². The molecule has 3 aromatic carbocycles. The number of para-hydroxylation sites is 2. The van der Waals surface area contributed by atoms with Crippen molar-refractivity contribution < 1.29 is 13.9 Å². The summed E-state index contributed by atoms with van der Waals surface area (Å²) < 4.78 is 10.9. The summed E-state index contributed by atoms with van der Waals surface area (Å²) in [5.41, 5.74) is 0.229. The molecule has 0 saturated heterocycles. The molecule has 1 aromatic heterocycles. The Morgan fingerprint density at radius 1 is 0.769 bits per heavy atom. The van der Waals surface area contributed by atoms with Crippen LogP contribution < -0.4 is 10.4 Å². The maximum absolute atomic E-state index is 12.7. The lowest BCUT2D eigenvalue weighted by Gasteiger charge is -2.06. The van der Waals surface area contributed by atoms with Crippen molar-refractivity contribution >= 4 is 16.8 Å². The van der Waals surface area contributed by atoms with Gasteiger partial charge in [-0.1, -0.05) is 36.4 Å². The Hall–Kier alpha value is -3.66. The van der Waals surface area contributed by atoms with Crippen LogP contribution >= 0.6 is 0 Å². The van der Waals surface area contributed by atoms with E-state index in [1.165, 1.54) is 0 Å². The van der Waals surface area contributed by atoms with Crippen LogP contribution in [0.3, 0.4) is 0 Å². The molecule has 0 aliphatic heterocycles. The fourth-order valence-corrected chi connectivity index (χ4v) is 2.67. The smallest absolute Gasteiger partial charge is 0.347 e. The number of hydrogen-bond acceptors (Lipinski definition) is 4. The van der Waals surface area contributed by atoms with Crippen LogP contribution in [0.25, 0.3) is 11.0 Å². The third kappa shape index (κ3) is 3.13. The second-order valence-corrected chi connectivity index (χ2v) is 5.75. The predicted molar refractivity (Wildman–Crippen MR) is 98.9 cm³/mol. The van der Waals surface area contributed by atoms with E-state index in [-0.39, 0.29) is 11.3 Å². The van der Waals surface area contributed by atoms with E-state index in [9.17, 15) is 9.59 Å². The lowest BCUT2D eigenvalue weighted by molar-refractivity contribution is 0.103. The summed E-state index contributed by atoms with van der Waals surface area (Å²) >= 11 is 0. The molecule has 0 amide bonds. The zero-order valence-corrected chi connectivity index (χ0v) is 13.7. The van der Waals surface area contributed by atoms with Crippen LogP contribution in [0.15, 0.2) is 94.1 Å². The number of carbonyl (C=O) groups excluding carboxylic acids is 1. The van der Waals surface area contributed by atoms with Gasteiger partial charge in [-0.3, -0.25) is 4.79 Å². The first-order valence-corrected chi connectivity index (χ1v) is 8.11. The molecule has 4 heteroatoms. The third-order valence-corrected chi connectivity index (χ3v) is 3.98. The molecule has 0 fully saturated rings. The lowest BCUT2D eigenvalue weighted by atomic mass is 10.0. The molecular formula is C22H14O4. The molecule has 0 radical (unpaired) electrons. The van der Waals surface area contributed by atoms with Crippen LogP contribution in [-0.2, 0) is 0 Å². The molecule has 26 heavy (non-hydrogen) atoms. The summed E-state index contributed by atoms with van der Waals surface area (Å²) in [5.74, 6) is 0.941. The van der Waals surface area contributed by atoms with Gasteiger partial charge in [-0.2, -0.15) is 0 Å². The number of ether oxygens (including phenoxy) is 1. The Morgan fingerprint density at radius 2 is 1.42 bits per heavy atom. The van der Waals surface area contributed by atoms with Crippen LogP contribution in [0.1, 0.15) is 15.9 Å². The molecule has 0 atom stereocenters. The molecule has 126 valence electrons. The van der Waals surface area contributed by atoms with Gasteiger partial charge in [-0.15, -0.1) is 0 Å². The quantitative estimate of drug-likeness (QED) is 0.394. The number of fused-ring (bicyclic) bond motifs is 1. The molecular weight excluding hydrogens is 328 g/mol. The number of rotatable bonds is 4. The van der Waals surface area contributed by atoms with E-state index >= 15 is 0 Å². The van der Waals surface area contributed by atoms with E-state index in [1.54, 1.807) is 48.5 Å². The molecule has 0 saturated carbocycles. The summed E-state index contributed by atoms with van der Waals surface area (Å²) in [7, 11) is 0. The van der Waals surface area contributed by atoms with Gasteiger partial charge in [0, 0.05) is 10.9 Å². The van der Waals surface area contributed by atoms with Crippen molar-refractivity contribution in [3.05, 3.63) is 106 Å². The van der Waals surface area contributed by atoms with Crippen molar-refractivity contribution in [3.8, 4) is 11.5 Å². The minimum absolute atomic E-state index is 0.0143.